The van der Waals surface area contributed by atoms with Crippen LogP contribution in [0.1, 0.15) is 18.1 Å². The van der Waals surface area contributed by atoms with Gasteiger partial charge in [0, 0.05) is 6.08 Å². The van der Waals surface area contributed by atoms with Gasteiger partial charge in [-0.05, 0) is 23.6 Å². The van der Waals surface area contributed by atoms with Gasteiger partial charge in [0.2, 0.25) is 5.91 Å². The van der Waals surface area contributed by atoms with E-state index in [1.807, 2.05) is 24.3 Å². The largest absolute Gasteiger partial charge is 0.480 e. The van der Waals surface area contributed by atoms with Crippen molar-refractivity contribution in [3.63, 3.8) is 0 Å². The van der Waals surface area contributed by atoms with Crippen molar-refractivity contribution in [1.82, 2.24) is 4.90 Å². The van der Waals surface area contributed by atoms with E-state index in [2.05, 4.69) is 12.8 Å². The second-order valence-corrected chi connectivity index (χ2v) is 4.22. The number of rotatable bonds is 6. The van der Waals surface area contributed by atoms with E-state index in [0.717, 1.165) is 16.9 Å². The Bertz CT molecular complexity index is 538. The second-order valence-electron chi connectivity index (χ2n) is 4.22. The first-order valence-corrected chi connectivity index (χ1v) is 6.28. The number of carbonyl (C=O) groups excluding carboxylic acids is 1. The predicted octanol–water partition coefficient (Wildman–Crippen LogP) is 1.81. The van der Waals surface area contributed by atoms with Crippen LogP contribution in [-0.2, 0) is 16.0 Å². The number of benzene rings is 1. The van der Waals surface area contributed by atoms with E-state index in [4.69, 9.17) is 11.5 Å². The number of amides is 1. The molecule has 0 atom stereocenters. The zero-order valence-electron chi connectivity index (χ0n) is 11.4. The summed E-state index contributed by atoms with van der Waals surface area (Å²) < 4.78 is 0. The van der Waals surface area contributed by atoms with Crippen LogP contribution in [0.5, 0.6) is 0 Å². The van der Waals surface area contributed by atoms with Gasteiger partial charge < -0.3 is 10.0 Å². The number of carboxylic acids is 1. The van der Waals surface area contributed by atoms with Crippen molar-refractivity contribution in [2.24, 2.45) is 0 Å². The van der Waals surface area contributed by atoms with Crippen molar-refractivity contribution in [1.29, 1.82) is 0 Å². The lowest BCUT2D eigenvalue weighted by molar-refractivity contribution is -0.142. The van der Waals surface area contributed by atoms with Crippen LogP contribution in [0, 0.1) is 12.3 Å². The van der Waals surface area contributed by atoms with E-state index in [9.17, 15) is 9.59 Å². The lowest BCUT2D eigenvalue weighted by Gasteiger charge is -2.15. The van der Waals surface area contributed by atoms with Crippen LogP contribution < -0.4 is 0 Å². The van der Waals surface area contributed by atoms with Gasteiger partial charge in [0.05, 0.1) is 6.54 Å². The topological polar surface area (TPSA) is 57.6 Å². The van der Waals surface area contributed by atoms with Gasteiger partial charge in [0.25, 0.3) is 0 Å². The number of carboxylic acid groups (broad SMARTS) is 1. The molecule has 0 heterocycles. The molecule has 0 aliphatic carbocycles. The second kappa shape index (κ2) is 7.80. The van der Waals surface area contributed by atoms with E-state index >= 15 is 0 Å². The first-order chi connectivity index (χ1) is 9.56. The van der Waals surface area contributed by atoms with Crippen molar-refractivity contribution in [3.05, 3.63) is 41.5 Å². The van der Waals surface area contributed by atoms with E-state index < -0.39 is 18.4 Å². The third kappa shape index (κ3) is 4.99. The van der Waals surface area contributed by atoms with Crippen LogP contribution in [0.15, 0.2) is 30.3 Å². The average Bonchev–Trinajstić information content (AvgIpc) is 2.44. The van der Waals surface area contributed by atoms with E-state index in [-0.39, 0.29) is 6.54 Å². The Morgan fingerprint density at radius 3 is 2.50 bits per heavy atom. The Hall–Kier alpha value is -2.54. The van der Waals surface area contributed by atoms with Gasteiger partial charge in [-0.2, -0.15) is 0 Å². The molecule has 0 bridgehead atoms. The maximum absolute atomic E-state index is 11.8. The smallest absolute Gasteiger partial charge is 0.323 e. The van der Waals surface area contributed by atoms with Crippen LogP contribution in [0.3, 0.4) is 0 Å². The average molecular weight is 271 g/mol. The Balaban J connectivity index is 2.73. The van der Waals surface area contributed by atoms with E-state index in [0.29, 0.717) is 0 Å². The Morgan fingerprint density at radius 1 is 1.35 bits per heavy atom. The van der Waals surface area contributed by atoms with Crippen LogP contribution in [0.2, 0.25) is 0 Å². The molecule has 4 nitrogen and oxygen atoms in total. The molecule has 0 saturated heterocycles. The molecular weight excluding hydrogens is 254 g/mol. The van der Waals surface area contributed by atoms with Gasteiger partial charge >= 0.3 is 5.97 Å². The maximum atomic E-state index is 11.8. The molecule has 1 rings (SSSR count). The normalized spacial score (nSPS) is 10.2. The zero-order chi connectivity index (χ0) is 15.0. The summed E-state index contributed by atoms with van der Waals surface area (Å²) in [4.78, 5) is 23.6. The maximum Gasteiger partial charge on any atom is 0.323 e. The number of aryl methyl sites for hydroxylation is 1. The number of hydrogen-bond acceptors (Lipinski definition) is 2. The van der Waals surface area contributed by atoms with E-state index in [1.54, 1.807) is 6.08 Å². The van der Waals surface area contributed by atoms with E-state index in [1.165, 1.54) is 11.6 Å². The Morgan fingerprint density at radius 2 is 2.00 bits per heavy atom. The summed E-state index contributed by atoms with van der Waals surface area (Å²) in [5.74, 6) is 0.774. The zero-order valence-corrected chi connectivity index (χ0v) is 11.4. The molecule has 0 unspecified atom stereocenters. The minimum atomic E-state index is -1.09. The molecule has 104 valence electrons. The lowest BCUT2D eigenvalue weighted by atomic mass is 10.1. The number of hydrogen-bond donors (Lipinski definition) is 1. The number of nitrogens with zero attached hydrogens (tertiary/aromatic N) is 1. The molecule has 0 fully saturated rings. The molecule has 0 spiro atoms. The van der Waals surface area contributed by atoms with Gasteiger partial charge in [0.15, 0.2) is 0 Å². The fourth-order valence-corrected chi connectivity index (χ4v) is 1.62. The molecule has 0 aliphatic rings. The molecular formula is C16H17NO3. The number of aliphatic carboxylic acids is 1. The molecule has 0 aliphatic heterocycles. The van der Waals surface area contributed by atoms with Gasteiger partial charge in [-0.3, -0.25) is 9.59 Å². The molecule has 4 heteroatoms. The number of terminal acetylenes is 1. The third-order valence-electron chi connectivity index (χ3n) is 2.73. The molecule has 0 aromatic heterocycles. The van der Waals surface area contributed by atoms with Crippen LogP contribution in [0.4, 0.5) is 0 Å². The summed E-state index contributed by atoms with van der Waals surface area (Å²) in [7, 11) is 0. The predicted molar refractivity (Wildman–Crippen MR) is 77.9 cm³/mol. The highest BCUT2D eigenvalue weighted by Crippen LogP contribution is 2.07. The molecule has 1 aromatic rings. The molecule has 0 saturated carbocycles. The highest BCUT2D eigenvalue weighted by atomic mass is 16.4. The fraction of sp³-hybridized carbons (Fsp3) is 0.250. The Kier molecular flexibility index (Phi) is 6.05. The molecule has 20 heavy (non-hydrogen) atoms. The third-order valence-corrected chi connectivity index (χ3v) is 2.73. The van der Waals surface area contributed by atoms with Gasteiger partial charge in [-0.15, -0.1) is 6.42 Å². The summed E-state index contributed by atoms with van der Waals surface area (Å²) in [6.45, 7) is 1.64. The molecule has 1 N–H and O–H groups in total. The Labute approximate surface area is 118 Å². The SMILES string of the molecule is C#CCN(CC(=O)O)C(=O)C=Cc1ccc(CC)cc1. The summed E-state index contributed by atoms with van der Waals surface area (Å²) >= 11 is 0. The van der Waals surface area contributed by atoms with Crippen molar-refractivity contribution >= 4 is 18.0 Å². The van der Waals surface area contributed by atoms with Crippen molar-refractivity contribution in [2.45, 2.75) is 13.3 Å². The highest BCUT2D eigenvalue weighted by molar-refractivity contribution is 5.93. The quantitative estimate of drug-likeness (QED) is 0.634. The lowest BCUT2D eigenvalue weighted by Crippen LogP contribution is -2.34. The van der Waals surface area contributed by atoms with Crippen molar-refractivity contribution in [3.8, 4) is 12.3 Å². The minimum Gasteiger partial charge on any atom is -0.480 e. The summed E-state index contributed by atoms with van der Waals surface area (Å²) in [6.07, 6.45) is 9.06. The monoisotopic (exact) mass is 271 g/mol. The first-order valence-electron chi connectivity index (χ1n) is 6.28. The highest BCUT2D eigenvalue weighted by Gasteiger charge is 2.12. The van der Waals surface area contributed by atoms with Crippen molar-refractivity contribution < 1.29 is 14.7 Å². The standard InChI is InChI=1S/C16H17NO3/c1-3-11-17(12-16(19)20)15(18)10-9-14-7-5-13(4-2)6-8-14/h1,5-10H,4,11-12H2,2H3,(H,19,20). The molecule has 1 amide bonds. The summed E-state index contributed by atoms with van der Waals surface area (Å²) in [6, 6.07) is 7.79. The van der Waals surface area contributed by atoms with Gasteiger partial charge in [-0.1, -0.05) is 37.1 Å². The van der Waals surface area contributed by atoms with Crippen LogP contribution in [-0.4, -0.2) is 35.0 Å². The number of carbonyl (C=O) groups is 2. The first kappa shape index (κ1) is 15.5. The molecule has 0 radical (unpaired) electrons. The summed E-state index contributed by atoms with van der Waals surface area (Å²) in [5, 5.41) is 8.72. The van der Waals surface area contributed by atoms with Crippen molar-refractivity contribution in [2.75, 3.05) is 13.1 Å². The molecule has 1 aromatic carbocycles. The van der Waals surface area contributed by atoms with Crippen LogP contribution >= 0.6 is 0 Å². The minimum absolute atomic E-state index is 0.0236. The fourth-order valence-electron chi connectivity index (χ4n) is 1.62. The van der Waals surface area contributed by atoms with Gasteiger partial charge in [0.1, 0.15) is 6.54 Å². The summed E-state index contributed by atoms with van der Waals surface area (Å²) in [5.41, 5.74) is 2.10. The van der Waals surface area contributed by atoms with Crippen LogP contribution in [0.25, 0.3) is 6.08 Å². The van der Waals surface area contributed by atoms with Gasteiger partial charge in [-0.25, -0.2) is 0 Å².